The number of nitriles is 1. The largest absolute Gasteiger partial charge is 0.473 e. The molecule has 0 bridgehead atoms. The highest BCUT2D eigenvalue weighted by Gasteiger charge is 2.43. The number of hydrogen-bond acceptors (Lipinski definition) is 7. The highest BCUT2D eigenvalue weighted by molar-refractivity contribution is 6.05. The number of rotatable bonds is 3. The summed E-state index contributed by atoms with van der Waals surface area (Å²) in [6, 6.07) is 8.85. The minimum Gasteiger partial charge on any atom is -0.473 e. The van der Waals surface area contributed by atoms with E-state index in [1.807, 2.05) is 11.0 Å². The molecule has 2 aromatic rings. The third-order valence-electron chi connectivity index (χ3n) is 5.67. The molecule has 0 spiro atoms. The molecule has 1 saturated heterocycles. The zero-order valence-electron chi connectivity index (χ0n) is 19.5. The fourth-order valence-corrected chi connectivity index (χ4v) is 3.95. The van der Waals surface area contributed by atoms with Crippen molar-refractivity contribution in [3.05, 3.63) is 47.3 Å². The molecule has 0 N–H and O–H groups in total. The van der Waals surface area contributed by atoms with E-state index >= 15 is 0 Å². The zero-order valence-corrected chi connectivity index (χ0v) is 19.5. The van der Waals surface area contributed by atoms with Crippen molar-refractivity contribution in [2.75, 3.05) is 36.5 Å². The Balaban J connectivity index is 1.53. The van der Waals surface area contributed by atoms with E-state index in [0.717, 1.165) is 6.07 Å². The van der Waals surface area contributed by atoms with Crippen molar-refractivity contribution < 1.29 is 23.5 Å². The molecule has 2 aliphatic rings. The number of ether oxygens (including phenoxy) is 2. The summed E-state index contributed by atoms with van der Waals surface area (Å²) in [5.74, 6) is 0.170. The smallest absolute Gasteiger partial charge is 0.410 e. The van der Waals surface area contributed by atoms with Crippen LogP contribution in [0.2, 0.25) is 0 Å². The van der Waals surface area contributed by atoms with Crippen LogP contribution in [0.4, 0.5) is 20.7 Å². The van der Waals surface area contributed by atoms with E-state index in [0.29, 0.717) is 30.2 Å². The van der Waals surface area contributed by atoms with Gasteiger partial charge in [-0.05, 0) is 39.0 Å². The van der Waals surface area contributed by atoms with Crippen molar-refractivity contribution in [1.29, 1.82) is 5.26 Å². The summed E-state index contributed by atoms with van der Waals surface area (Å²) in [5.41, 5.74) is 0.534. The second-order valence-corrected chi connectivity index (χ2v) is 9.23. The third kappa shape index (κ3) is 4.59. The van der Waals surface area contributed by atoms with Crippen LogP contribution in [0.25, 0.3) is 0 Å². The molecule has 0 radical (unpaired) electrons. The first-order valence-corrected chi connectivity index (χ1v) is 10.9. The third-order valence-corrected chi connectivity index (χ3v) is 5.67. The minimum atomic E-state index is -0.629. The SMILES string of the molecule is CN1C(=O)C2CN(C(=O)OC(C)(C)C)CCN2c2nc(OCc3ccc(C#N)cc3F)ccc21. The molecule has 9 nitrogen and oxygen atoms in total. The molecular formula is C24H26FN5O4. The molecule has 178 valence electrons. The molecule has 1 atom stereocenters. The quantitative estimate of drug-likeness (QED) is 0.684. The predicted molar refractivity (Wildman–Crippen MR) is 122 cm³/mol. The van der Waals surface area contributed by atoms with Gasteiger partial charge in [0.2, 0.25) is 5.88 Å². The molecule has 0 aliphatic carbocycles. The van der Waals surface area contributed by atoms with Gasteiger partial charge in [-0.15, -0.1) is 0 Å². The fourth-order valence-electron chi connectivity index (χ4n) is 3.95. The van der Waals surface area contributed by atoms with Crippen molar-refractivity contribution in [2.45, 2.75) is 39.0 Å². The molecule has 1 aromatic heterocycles. The summed E-state index contributed by atoms with van der Waals surface area (Å²) < 4.78 is 25.4. The highest BCUT2D eigenvalue weighted by Crippen LogP contribution is 2.37. The summed E-state index contributed by atoms with van der Waals surface area (Å²) in [7, 11) is 1.67. The van der Waals surface area contributed by atoms with Crippen LogP contribution in [-0.4, -0.2) is 60.2 Å². The topological polar surface area (TPSA) is 99.0 Å². The lowest BCUT2D eigenvalue weighted by Gasteiger charge is -2.46. The van der Waals surface area contributed by atoms with Crippen LogP contribution in [0.15, 0.2) is 30.3 Å². The predicted octanol–water partition coefficient (Wildman–Crippen LogP) is 3.07. The number of amides is 2. The van der Waals surface area contributed by atoms with E-state index in [9.17, 15) is 14.0 Å². The van der Waals surface area contributed by atoms with Gasteiger partial charge in [0, 0.05) is 31.8 Å². The second kappa shape index (κ2) is 8.82. The van der Waals surface area contributed by atoms with Gasteiger partial charge in [0.25, 0.3) is 5.91 Å². The van der Waals surface area contributed by atoms with Crippen LogP contribution in [0.1, 0.15) is 31.9 Å². The van der Waals surface area contributed by atoms with Crippen molar-refractivity contribution in [1.82, 2.24) is 9.88 Å². The van der Waals surface area contributed by atoms with Gasteiger partial charge < -0.3 is 24.2 Å². The van der Waals surface area contributed by atoms with E-state index in [4.69, 9.17) is 14.7 Å². The number of piperazine rings is 1. The second-order valence-electron chi connectivity index (χ2n) is 9.23. The summed E-state index contributed by atoms with van der Waals surface area (Å²) in [6.45, 7) is 6.29. The van der Waals surface area contributed by atoms with Gasteiger partial charge in [-0.1, -0.05) is 6.07 Å². The van der Waals surface area contributed by atoms with E-state index < -0.39 is 23.6 Å². The first-order valence-electron chi connectivity index (χ1n) is 10.9. The number of fused-ring (bicyclic) bond motifs is 3. The summed E-state index contributed by atoms with van der Waals surface area (Å²) in [6.07, 6.45) is -0.456. The Morgan fingerprint density at radius 3 is 2.71 bits per heavy atom. The number of benzene rings is 1. The molecule has 1 aromatic carbocycles. The molecule has 2 aliphatic heterocycles. The maximum Gasteiger partial charge on any atom is 0.410 e. The van der Waals surface area contributed by atoms with Crippen LogP contribution in [0.5, 0.6) is 5.88 Å². The average Bonchev–Trinajstić information content (AvgIpc) is 2.80. The van der Waals surface area contributed by atoms with Crippen molar-refractivity contribution in [3.8, 4) is 11.9 Å². The van der Waals surface area contributed by atoms with E-state index in [1.165, 1.54) is 21.9 Å². The molecule has 0 saturated carbocycles. The number of anilines is 2. The summed E-state index contributed by atoms with van der Waals surface area (Å²) >= 11 is 0. The van der Waals surface area contributed by atoms with Gasteiger partial charge >= 0.3 is 6.09 Å². The maximum absolute atomic E-state index is 14.2. The molecule has 1 unspecified atom stereocenters. The van der Waals surface area contributed by atoms with Gasteiger partial charge in [0.15, 0.2) is 5.82 Å². The van der Waals surface area contributed by atoms with Crippen LogP contribution in [0, 0.1) is 17.1 Å². The highest BCUT2D eigenvalue weighted by atomic mass is 19.1. The number of carbonyl (C=O) groups is 2. The van der Waals surface area contributed by atoms with Crippen LogP contribution >= 0.6 is 0 Å². The van der Waals surface area contributed by atoms with E-state index in [-0.39, 0.29) is 30.5 Å². The van der Waals surface area contributed by atoms with E-state index in [1.54, 1.807) is 40.0 Å². The van der Waals surface area contributed by atoms with Crippen LogP contribution in [-0.2, 0) is 16.1 Å². The standard InChI is InChI=1S/C24H26FN5O4/c1-24(2,3)34-23(32)29-9-10-30-19(13-29)22(31)28(4)18-7-8-20(27-21(18)30)33-14-16-6-5-15(12-26)11-17(16)25/h5-8,11,19H,9-10,13-14H2,1-4H3. The van der Waals surface area contributed by atoms with Crippen LogP contribution < -0.4 is 14.5 Å². The first kappa shape index (κ1) is 23.3. The Labute approximate surface area is 197 Å². The molecule has 3 heterocycles. The first-order chi connectivity index (χ1) is 16.1. The number of pyridine rings is 1. The maximum atomic E-state index is 14.2. The van der Waals surface area contributed by atoms with Gasteiger partial charge in [-0.2, -0.15) is 10.2 Å². The molecule has 4 rings (SSSR count). The Kier molecular flexibility index (Phi) is 6.04. The number of hydrogen-bond donors (Lipinski definition) is 0. The van der Waals surface area contributed by atoms with Crippen molar-refractivity contribution >= 4 is 23.5 Å². The summed E-state index contributed by atoms with van der Waals surface area (Å²) in [5, 5.41) is 8.89. The lowest BCUT2D eigenvalue weighted by Crippen LogP contribution is -2.63. The molecule has 34 heavy (non-hydrogen) atoms. The Bertz CT molecular complexity index is 1170. The van der Waals surface area contributed by atoms with Crippen LogP contribution in [0.3, 0.4) is 0 Å². The number of nitrogens with zero attached hydrogens (tertiary/aromatic N) is 5. The Hall–Kier alpha value is -3.87. The molecule has 10 heteroatoms. The lowest BCUT2D eigenvalue weighted by molar-refractivity contribution is -0.120. The Morgan fingerprint density at radius 1 is 1.26 bits per heavy atom. The van der Waals surface area contributed by atoms with Crippen molar-refractivity contribution in [2.24, 2.45) is 0 Å². The normalized spacial score (nSPS) is 17.6. The number of halogens is 1. The zero-order chi connectivity index (χ0) is 24.6. The monoisotopic (exact) mass is 467 g/mol. The number of likely N-dealkylation sites (N-methyl/N-ethyl adjacent to an activating group) is 1. The van der Waals surface area contributed by atoms with Crippen molar-refractivity contribution in [3.63, 3.8) is 0 Å². The Morgan fingerprint density at radius 2 is 2.03 bits per heavy atom. The van der Waals surface area contributed by atoms with Gasteiger partial charge in [0.1, 0.15) is 24.1 Å². The van der Waals surface area contributed by atoms with E-state index in [2.05, 4.69) is 4.98 Å². The summed E-state index contributed by atoms with van der Waals surface area (Å²) in [4.78, 5) is 35.1. The molecular weight excluding hydrogens is 441 g/mol. The molecule has 1 fully saturated rings. The average molecular weight is 468 g/mol. The molecule has 2 amide bonds. The minimum absolute atomic E-state index is 0.0616. The van der Waals surface area contributed by atoms with Gasteiger partial charge in [0.05, 0.1) is 23.9 Å². The number of carbonyl (C=O) groups excluding carboxylic acids is 2. The van der Waals surface area contributed by atoms with Gasteiger partial charge in [-0.3, -0.25) is 4.79 Å². The fraction of sp³-hybridized carbons (Fsp3) is 0.417. The lowest BCUT2D eigenvalue weighted by atomic mass is 10.1. The number of aromatic nitrogens is 1. The van der Waals surface area contributed by atoms with Gasteiger partial charge in [-0.25, -0.2) is 9.18 Å².